The number of rotatable bonds is 6. The first-order valence-corrected chi connectivity index (χ1v) is 12.7. The number of aliphatic hydroxyl groups is 1. The predicted molar refractivity (Wildman–Crippen MR) is 149 cm³/mol. The van der Waals surface area contributed by atoms with Crippen LogP contribution in [0.4, 0.5) is 0 Å². The van der Waals surface area contributed by atoms with Crippen molar-refractivity contribution in [2.75, 3.05) is 20.6 Å². The van der Waals surface area contributed by atoms with Crippen LogP contribution in [0.3, 0.4) is 0 Å². The van der Waals surface area contributed by atoms with Gasteiger partial charge in [-0.05, 0) is 66.3 Å². The number of hydrogen-bond acceptors (Lipinski definition) is 3. The van der Waals surface area contributed by atoms with Crippen molar-refractivity contribution >= 4 is 49.2 Å². The van der Waals surface area contributed by atoms with Crippen LogP contribution in [0.25, 0.3) is 21.7 Å². The van der Waals surface area contributed by atoms with E-state index in [1.54, 1.807) is 0 Å². The van der Waals surface area contributed by atoms with Gasteiger partial charge in [0.05, 0.1) is 5.52 Å². The van der Waals surface area contributed by atoms with Crippen LogP contribution in [0, 0.1) is 0 Å². The molecule has 3 nitrogen and oxygen atoms in total. The van der Waals surface area contributed by atoms with Crippen LogP contribution >= 0.6 is 27.5 Å². The zero-order chi connectivity index (χ0) is 24.6. The van der Waals surface area contributed by atoms with Gasteiger partial charge in [-0.25, -0.2) is 4.98 Å². The van der Waals surface area contributed by atoms with E-state index in [2.05, 4.69) is 46.3 Å². The lowest BCUT2D eigenvalue weighted by atomic mass is 9.73. The molecule has 0 aliphatic carbocycles. The van der Waals surface area contributed by atoms with Crippen molar-refractivity contribution in [3.63, 3.8) is 0 Å². The Morgan fingerprint density at radius 2 is 1.57 bits per heavy atom. The maximum atomic E-state index is 12.7. The largest absolute Gasteiger partial charge is 0.383 e. The van der Waals surface area contributed by atoms with Gasteiger partial charge in [-0.1, -0.05) is 94.3 Å². The highest BCUT2D eigenvalue weighted by Gasteiger charge is 2.42. The summed E-state index contributed by atoms with van der Waals surface area (Å²) in [6.07, 6.45) is 0. The molecule has 1 N–H and O–H groups in total. The van der Waals surface area contributed by atoms with Gasteiger partial charge in [0, 0.05) is 27.9 Å². The third kappa shape index (κ3) is 4.72. The van der Waals surface area contributed by atoms with E-state index in [9.17, 15) is 5.11 Å². The second kappa shape index (κ2) is 9.71. The summed E-state index contributed by atoms with van der Waals surface area (Å²) in [6.45, 7) is 0.401. The molecule has 2 atom stereocenters. The Balaban J connectivity index is 1.79. The third-order valence-corrected chi connectivity index (χ3v) is 7.28. The molecule has 0 unspecified atom stereocenters. The highest BCUT2D eigenvalue weighted by Crippen LogP contribution is 2.45. The lowest BCUT2D eigenvalue weighted by molar-refractivity contribution is -0.00410. The van der Waals surface area contributed by atoms with Crippen LogP contribution in [0.15, 0.2) is 102 Å². The average Bonchev–Trinajstić information content (AvgIpc) is 2.84. The summed E-state index contributed by atoms with van der Waals surface area (Å²) >= 11 is 10.4. The first kappa shape index (κ1) is 24.0. The highest BCUT2D eigenvalue weighted by atomic mass is 79.9. The molecule has 0 aliphatic rings. The van der Waals surface area contributed by atoms with E-state index < -0.39 is 11.5 Å². The van der Waals surface area contributed by atoms with E-state index in [4.69, 9.17) is 16.6 Å². The number of aromatic nitrogens is 1. The molecule has 4 aromatic carbocycles. The van der Waals surface area contributed by atoms with E-state index in [1.807, 2.05) is 85.7 Å². The number of pyridine rings is 1. The van der Waals surface area contributed by atoms with Crippen molar-refractivity contribution in [3.8, 4) is 0 Å². The minimum absolute atomic E-state index is 0.395. The molecule has 0 fully saturated rings. The average molecular weight is 546 g/mol. The Hall–Kier alpha value is -2.76. The Morgan fingerprint density at radius 3 is 2.31 bits per heavy atom. The van der Waals surface area contributed by atoms with Crippen molar-refractivity contribution in [2.24, 2.45) is 0 Å². The second-order valence-corrected chi connectivity index (χ2v) is 10.5. The molecule has 35 heavy (non-hydrogen) atoms. The molecule has 0 aliphatic heterocycles. The normalized spacial score (nSPS) is 14.3. The van der Waals surface area contributed by atoms with E-state index >= 15 is 0 Å². The van der Waals surface area contributed by atoms with Crippen LogP contribution in [-0.4, -0.2) is 35.6 Å². The molecule has 0 radical (unpaired) electrons. The van der Waals surface area contributed by atoms with Gasteiger partial charge in [0.2, 0.25) is 0 Å². The van der Waals surface area contributed by atoms with Crippen molar-refractivity contribution in [3.05, 3.63) is 123 Å². The van der Waals surface area contributed by atoms with Gasteiger partial charge in [-0.2, -0.15) is 0 Å². The van der Waals surface area contributed by atoms with E-state index in [-0.39, 0.29) is 0 Å². The second-order valence-electron chi connectivity index (χ2n) is 9.27. The number of benzene rings is 4. The summed E-state index contributed by atoms with van der Waals surface area (Å²) in [7, 11) is 3.96. The summed E-state index contributed by atoms with van der Waals surface area (Å²) in [4.78, 5) is 6.74. The van der Waals surface area contributed by atoms with Crippen LogP contribution in [0.5, 0.6) is 0 Å². The van der Waals surface area contributed by atoms with E-state index in [1.165, 1.54) is 0 Å². The number of hydrogen-bond donors (Lipinski definition) is 1. The maximum absolute atomic E-state index is 12.7. The molecule has 0 saturated carbocycles. The predicted octanol–water partition coefficient (Wildman–Crippen LogP) is 7.39. The van der Waals surface area contributed by atoms with Gasteiger partial charge in [-0.3, -0.25) is 0 Å². The number of halogens is 2. The minimum atomic E-state index is -1.28. The topological polar surface area (TPSA) is 36.4 Å². The molecule has 1 heterocycles. The smallest absolute Gasteiger partial charge is 0.133 e. The molecule has 0 bridgehead atoms. The Labute approximate surface area is 219 Å². The van der Waals surface area contributed by atoms with Crippen molar-refractivity contribution in [1.29, 1.82) is 0 Å². The van der Waals surface area contributed by atoms with Crippen molar-refractivity contribution < 1.29 is 5.11 Å². The highest BCUT2D eigenvalue weighted by molar-refractivity contribution is 9.10. The van der Waals surface area contributed by atoms with Gasteiger partial charge in [0.1, 0.15) is 10.8 Å². The number of nitrogens with zero attached hydrogens (tertiary/aromatic N) is 2. The van der Waals surface area contributed by atoms with Crippen LogP contribution < -0.4 is 0 Å². The maximum Gasteiger partial charge on any atom is 0.133 e. The molecule has 176 valence electrons. The molecule has 1 aromatic heterocycles. The molecule has 0 amide bonds. The molecular formula is C30H26BrClN2O. The Kier molecular flexibility index (Phi) is 6.65. The first-order valence-electron chi connectivity index (χ1n) is 11.5. The summed E-state index contributed by atoms with van der Waals surface area (Å²) in [6, 6.07) is 32.5. The molecule has 5 rings (SSSR count). The molecule has 5 aromatic rings. The van der Waals surface area contributed by atoms with Gasteiger partial charge in [0.15, 0.2) is 0 Å². The third-order valence-electron chi connectivity index (χ3n) is 6.49. The molecule has 5 heteroatoms. The van der Waals surface area contributed by atoms with Crippen molar-refractivity contribution in [1.82, 2.24) is 9.88 Å². The van der Waals surface area contributed by atoms with Crippen LogP contribution in [0.2, 0.25) is 5.15 Å². The zero-order valence-corrected chi connectivity index (χ0v) is 22.0. The molecule has 0 saturated heterocycles. The Morgan fingerprint density at radius 1 is 0.857 bits per heavy atom. The van der Waals surface area contributed by atoms with Crippen molar-refractivity contribution in [2.45, 2.75) is 11.5 Å². The van der Waals surface area contributed by atoms with Gasteiger partial charge in [0.25, 0.3) is 0 Å². The monoisotopic (exact) mass is 544 g/mol. The van der Waals surface area contributed by atoms with E-state index in [0.29, 0.717) is 11.7 Å². The summed E-state index contributed by atoms with van der Waals surface area (Å²) in [5, 5.41) is 16.3. The lowest BCUT2D eigenvalue weighted by Crippen LogP contribution is -2.43. The summed E-state index contributed by atoms with van der Waals surface area (Å²) < 4.78 is 0.967. The molecule has 0 spiro atoms. The SMILES string of the molecule is CN(C)C[C@](O)(c1ccc2ccccc2c1)[C@@H](c1ccccc1)c1cc2cc(Br)ccc2nc1Cl. The van der Waals surface area contributed by atoms with Crippen LogP contribution in [-0.2, 0) is 5.60 Å². The van der Waals surface area contributed by atoms with Crippen LogP contribution in [0.1, 0.15) is 22.6 Å². The first-order chi connectivity index (χ1) is 16.8. The fraction of sp³-hybridized carbons (Fsp3) is 0.167. The quantitative estimate of drug-likeness (QED) is 0.226. The standard InChI is InChI=1S/C30H26BrClN2O/c1-34(2)19-30(35,24-13-12-20-8-6-7-11-22(20)16-24)28(21-9-4-3-5-10-21)26-18-23-17-25(31)14-15-27(23)33-29(26)32/h3-18,28,35H,19H2,1-2H3/t28-,30-/m0/s1. The lowest BCUT2D eigenvalue weighted by Gasteiger charge is -2.40. The minimum Gasteiger partial charge on any atom is -0.383 e. The van der Waals surface area contributed by atoms with E-state index in [0.717, 1.165) is 42.8 Å². The number of likely N-dealkylation sites (N-methyl/N-ethyl adjacent to an activating group) is 1. The number of fused-ring (bicyclic) bond motifs is 2. The van der Waals surface area contributed by atoms with Gasteiger partial charge in [-0.15, -0.1) is 0 Å². The van der Waals surface area contributed by atoms with Gasteiger partial charge >= 0.3 is 0 Å². The Bertz CT molecular complexity index is 1510. The fourth-order valence-corrected chi connectivity index (χ4v) is 5.62. The fourth-order valence-electron chi connectivity index (χ4n) is 4.99. The zero-order valence-electron chi connectivity index (χ0n) is 19.6. The molecular weight excluding hydrogens is 520 g/mol. The summed E-state index contributed by atoms with van der Waals surface area (Å²) in [5.74, 6) is -0.448. The summed E-state index contributed by atoms with van der Waals surface area (Å²) in [5.41, 5.74) is 2.14. The van der Waals surface area contributed by atoms with Gasteiger partial charge < -0.3 is 10.0 Å².